The van der Waals surface area contributed by atoms with Gasteiger partial charge in [0.15, 0.2) is 5.78 Å². The fourth-order valence-electron chi connectivity index (χ4n) is 3.57. The molecule has 37 heavy (non-hydrogen) atoms. The second-order valence-corrected chi connectivity index (χ2v) is 11.6. The molecule has 0 aromatic heterocycles. The Labute approximate surface area is 254 Å². The zero-order valence-electron chi connectivity index (χ0n) is 18.5. The lowest BCUT2D eigenvalue weighted by atomic mass is 10.1. The van der Waals surface area contributed by atoms with Crippen LogP contribution in [0.1, 0.15) is 41.4 Å². The number of amides is 3. The maximum absolute atomic E-state index is 13.7. The van der Waals surface area contributed by atoms with Crippen LogP contribution in [0.25, 0.3) is 0 Å². The summed E-state index contributed by atoms with van der Waals surface area (Å²) >= 11 is 25.5. The number of hydrogen-bond acceptors (Lipinski definition) is 5. The number of ketones is 1. The summed E-state index contributed by atoms with van der Waals surface area (Å²) < 4.78 is 6.70. The lowest BCUT2D eigenvalue weighted by Gasteiger charge is -2.29. The number of fused-ring (bicyclic) bond motifs is 1. The smallest absolute Gasteiger partial charge is 0.282 e. The van der Waals surface area contributed by atoms with Crippen molar-refractivity contribution in [3.05, 3.63) is 92.7 Å². The van der Waals surface area contributed by atoms with Gasteiger partial charge in [-0.15, -0.1) is 0 Å². The summed E-state index contributed by atoms with van der Waals surface area (Å²) in [6.07, 6.45) is 0. The first kappa shape index (κ1) is 28.3. The number of carbonyl (C=O) groups excluding carboxylic acids is 4. The molecule has 3 aromatic rings. The molecule has 0 aliphatic carbocycles. The molecule has 3 aromatic carbocycles. The monoisotopic (exact) mass is 794 g/mol. The normalized spacial score (nSPS) is 12.6. The molecule has 0 spiro atoms. The average Bonchev–Trinajstić information content (AvgIpc) is 3.15. The molecule has 190 valence electrons. The fraction of sp³-hybridized carbons (Fsp3) is 0.0833. The Bertz CT molecular complexity index is 1450. The van der Waals surface area contributed by atoms with E-state index in [0.29, 0.717) is 28.6 Å². The fourth-order valence-corrected chi connectivity index (χ4v) is 6.33. The van der Waals surface area contributed by atoms with Gasteiger partial charge in [-0.25, -0.2) is 5.01 Å². The highest BCUT2D eigenvalue weighted by atomic mass is 79.9. The predicted molar refractivity (Wildman–Crippen MR) is 153 cm³/mol. The third-order valence-electron chi connectivity index (χ3n) is 5.43. The Morgan fingerprint density at radius 3 is 1.81 bits per heavy atom. The predicted octanol–water partition coefficient (Wildman–Crippen LogP) is 7.59. The number of ether oxygens (including phenoxy) is 1. The van der Waals surface area contributed by atoms with Crippen molar-refractivity contribution in [3.63, 3.8) is 0 Å². The molecule has 3 amide bonds. The molecule has 1 heterocycles. The summed E-state index contributed by atoms with van der Waals surface area (Å²) in [7, 11) is 1.49. The number of carbonyl (C=O) groups is 4. The highest BCUT2D eigenvalue weighted by Gasteiger charge is 2.46. The van der Waals surface area contributed by atoms with Crippen LogP contribution in [0, 0.1) is 0 Å². The minimum Gasteiger partial charge on any atom is -0.497 e. The molecule has 7 nitrogen and oxygen atoms in total. The summed E-state index contributed by atoms with van der Waals surface area (Å²) in [5.41, 5.74) is 0.317. The van der Waals surface area contributed by atoms with Gasteiger partial charge in [0.1, 0.15) is 12.3 Å². The van der Waals surface area contributed by atoms with E-state index in [-0.39, 0.29) is 32.3 Å². The minimum absolute atomic E-state index is 0.0222. The average molecular weight is 799 g/mol. The number of hydrogen-bond donors (Lipinski definition) is 0. The number of Topliss-reactive ketones (excluding diaryl/α,β-unsaturated/α-hetero) is 1. The highest BCUT2D eigenvalue weighted by molar-refractivity contribution is 9.15. The van der Waals surface area contributed by atoms with Crippen molar-refractivity contribution in [2.24, 2.45) is 0 Å². The van der Waals surface area contributed by atoms with Crippen molar-refractivity contribution in [2.75, 3.05) is 13.7 Å². The number of halogens is 6. The van der Waals surface area contributed by atoms with Crippen molar-refractivity contribution >= 4 is 110 Å². The van der Waals surface area contributed by atoms with Gasteiger partial charge in [-0.05, 0) is 106 Å². The summed E-state index contributed by atoms with van der Waals surface area (Å²) in [6, 6.07) is 10.3. The summed E-state index contributed by atoms with van der Waals surface area (Å²) in [6.45, 7) is -0.617. The molecular formula is C24H12Br4Cl2N2O5. The zero-order chi connectivity index (χ0) is 27.2. The van der Waals surface area contributed by atoms with E-state index in [4.69, 9.17) is 27.9 Å². The Morgan fingerprint density at radius 2 is 1.32 bits per heavy atom. The number of rotatable bonds is 6. The number of nitrogens with zero attached hydrogens (tertiary/aromatic N) is 2. The topological polar surface area (TPSA) is 84.0 Å². The van der Waals surface area contributed by atoms with Gasteiger partial charge >= 0.3 is 0 Å². The molecule has 4 rings (SSSR count). The first-order valence-corrected chi connectivity index (χ1v) is 14.1. The van der Waals surface area contributed by atoms with Gasteiger partial charge in [-0.2, -0.15) is 5.01 Å². The number of hydrazine groups is 1. The first-order chi connectivity index (χ1) is 17.5. The van der Waals surface area contributed by atoms with Crippen LogP contribution >= 0.6 is 86.9 Å². The van der Waals surface area contributed by atoms with Crippen molar-refractivity contribution in [1.29, 1.82) is 0 Å². The SMILES string of the molecule is COc1ccc(C(=O)CN(C(=O)c2ccc(Cl)c(Cl)c2)N2C(=O)c3c(Br)c(Br)c(Br)c(Br)c3C2=O)cc1. The molecular weight excluding hydrogens is 787 g/mol. The van der Waals surface area contributed by atoms with Gasteiger partial charge in [0.05, 0.1) is 28.3 Å². The zero-order valence-corrected chi connectivity index (χ0v) is 26.3. The standard InChI is InChI=1S/C24H12Br4Cl2N2O5/c1-37-12-5-2-10(3-6-12)15(33)9-31(22(34)11-4-7-13(29)14(30)8-11)32-23(35)16-17(24(32)36)19(26)21(28)20(27)18(16)25/h2-8H,9H2,1H3. The third kappa shape index (κ3) is 5.14. The largest absolute Gasteiger partial charge is 0.497 e. The van der Waals surface area contributed by atoms with E-state index in [1.165, 1.54) is 37.4 Å². The molecule has 1 aliphatic rings. The molecule has 0 saturated heterocycles. The lowest BCUT2D eigenvalue weighted by Crippen LogP contribution is -2.51. The van der Waals surface area contributed by atoms with E-state index in [0.717, 1.165) is 5.01 Å². The third-order valence-corrected chi connectivity index (χ3v) is 10.9. The maximum Gasteiger partial charge on any atom is 0.282 e. The van der Waals surface area contributed by atoms with E-state index in [1.807, 2.05) is 0 Å². The Hall–Kier alpha value is -1.76. The molecule has 0 fully saturated rings. The molecule has 0 saturated carbocycles. The molecule has 0 unspecified atom stereocenters. The van der Waals surface area contributed by atoms with E-state index >= 15 is 0 Å². The van der Waals surface area contributed by atoms with E-state index < -0.39 is 30.0 Å². The second kappa shape index (κ2) is 11.2. The lowest BCUT2D eigenvalue weighted by molar-refractivity contribution is 0.00527. The maximum atomic E-state index is 13.7. The summed E-state index contributed by atoms with van der Waals surface area (Å²) in [4.78, 5) is 54.1. The minimum atomic E-state index is -0.805. The van der Waals surface area contributed by atoms with Gasteiger partial charge in [0.25, 0.3) is 17.7 Å². The Morgan fingerprint density at radius 1 is 0.811 bits per heavy atom. The van der Waals surface area contributed by atoms with Crippen molar-refractivity contribution in [2.45, 2.75) is 0 Å². The van der Waals surface area contributed by atoms with Crippen LogP contribution in [0.15, 0.2) is 60.4 Å². The van der Waals surface area contributed by atoms with Gasteiger partial charge in [0, 0.05) is 29.0 Å². The van der Waals surface area contributed by atoms with Crippen LogP contribution in [0.5, 0.6) is 5.75 Å². The van der Waals surface area contributed by atoms with Crippen molar-refractivity contribution < 1.29 is 23.9 Å². The van der Waals surface area contributed by atoms with E-state index in [9.17, 15) is 19.2 Å². The number of methoxy groups -OCH3 is 1. The molecule has 1 aliphatic heterocycles. The summed E-state index contributed by atoms with van der Waals surface area (Å²) in [5, 5.41) is 1.76. The molecule has 13 heteroatoms. The van der Waals surface area contributed by atoms with Crippen LogP contribution in [0.3, 0.4) is 0 Å². The van der Waals surface area contributed by atoms with Crippen LogP contribution < -0.4 is 4.74 Å². The van der Waals surface area contributed by atoms with Crippen LogP contribution in [-0.4, -0.2) is 47.2 Å². The number of imide groups is 1. The quantitative estimate of drug-likeness (QED) is 0.111. The van der Waals surface area contributed by atoms with Gasteiger partial charge in [-0.3, -0.25) is 19.2 Å². The summed E-state index contributed by atoms with van der Waals surface area (Å²) in [5.74, 6) is -2.38. The van der Waals surface area contributed by atoms with E-state index in [2.05, 4.69) is 63.7 Å². The van der Waals surface area contributed by atoms with Crippen LogP contribution in [0.4, 0.5) is 0 Å². The first-order valence-electron chi connectivity index (χ1n) is 10.2. The number of benzene rings is 3. The van der Waals surface area contributed by atoms with Crippen LogP contribution in [-0.2, 0) is 0 Å². The second-order valence-electron chi connectivity index (χ2n) is 7.57. The van der Waals surface area contributed by atoms with Gasteiger partial charge in [0.2, 0.25) is 0 Å². The van der Waals surface area contributed by atoms with Gasteiger partial charge < -0.3 is 4.74 Å². The van der Waals surface area contributed by atoms with Crippen molar-refractivity contribution in [3.8, 4) is 5.75 Å². The molecule has 0 N–H and O–H groups in total. The Kier molecular flexibility index (Phi) is 8.52. The van der Waals surface area contributed by atoms with Crippen molar-refractivity contribution in [1.82, 2.24) is 10.0 Å². The molecule has 0 atom stereocenters. The Balaban J connectivity index is 1.81. The van der Waals surface area contributed by atoms with E-state index in [1.54, 1.807) is 12.1 Å². The van der Waals surface area contributed by atoms with Crippen LogP contribution in [0.2, 0.25) is 10.0 Å². The molecule has 0 radical (unpaired) electrons. The van der Waals surface area contributed by atoms with Gasteiger partial charge in [-0.1, -0.05) is 23.2 Å². The molecule has 0 bridgehead atoms. The highest BCUT2D eigenvalue weighted by Crippen LogP contribution is 2.45.